The van der Waals surface area contributed by atoms with Gasteiger partial charge in [-0.3, -0.25) is 14.2 Å². The second-order valence-electron chi connectivity index (χ2n) is 16.8. The van der Waals surface area contributed by atoms with Gasteiger partial charge in [0.05, 0.1) is 28.9 Å². The molecule has 63 heavy (non-hydrogen) atoms. The smallest absolute Gasteiger partial charge is 0.450 e. The van der Waals surface area contributed by atoms with Crippen LogP contribution in [-0.2, 0) is 36.5 Å². The molecule has 0 amide bonds. The number of carbonyl (C=O) groups excluding carboxylic acids is 1. The number of hydrogen-bond acceptors (Lipinski definition) is 6. The van der Waals surface area contributed by atoms with E-state index in [1.807, 2.05) is 42.5 Å². The maximum absolute atomic E-state index is 14.0. The fourth-order valence-electron chi connectivity index (χ4n) is 8.27. The van der Waals surface area contributed by atoms with Gasteiger partial charge in [-0.2, -0.15) is 13.2 Å². The van der Waals surface area contributed by atoms with Crippen molar-refractivity contribution in [2.45, 2.75) is 97.1 Å². The Balaban J connectivity index is 0.000000284. The van der Waals surface area contributed by atoms with Gasteiger partial charge in [-0.15, -0.1) is 29.1 Å². The van der Waals surface area contributed by atoms with E-state index >= 15 is 0 Å². The Labute approximate surface area is 373 Å². The summed E-state index contributed by atoms with van der Waals surface area (Å²) in [5.74, 6) is -2.52. The molecule has 9 rings (SSSR count). The zero-order valence-electron chi connectivity index (χ0n) is 35.7. The fourth-order valence-corrected chi connectivity index (χ4v) is 8.27. The van der Waals surface area contributed by atoms with Crippen LogP contribution in [0.3, 0.4) is 0 Å². The molecule has 0 fully saturated rings. The topological polar surface area (TPSA) is 93.8 Å². The number of aliphatic hydroxyl groups excluding tert-OH is 1. The van der Waals surface area contributed by atoms with Crippen LogP contribution in [0.25, 0.3) is 82.6 Å². The molecule has 7 nitrogen and oxygen atoms in total. The maximum atomic E-state index is 14.0. The monoisotopic (exact) mass is 1040 g/mol. The first kappa shape index (κ1) is 45.4. The molecular formula is C50H45F5IrN3O4-. The van der Waals surface area contributed by atoms with Gasteiger partial charge < -0.3 is 13.9 Å². The first-order chi connectivity index (χ1) is 29.4. The zero-order valence-corrected chi connectivity index (χ0v) is 38.1. The summed E-state index contributed by atoms with van der Waals surface area (Å²) in [6, 6.07) is 26.8. The Hall–Kier alpha value is -5.65. The third-order valence-electron chi connectivity index (χ3n) is 12.1. The minimum atomic E-state index is -4.64. The number of aliphatic hydroxyl groups is 1. The van der Waals surface area contributed by atoms with E-state index in [1.165, 1.54) is 10.9 Å². The van der Waals surface area contributed by atoms with E-state index in [4.69, 9.17) is 13.8 Å². The molecule has 0 atom stereocenters. The summed E-state index contributed by atoms with van der Waals surface area (Å²) in [7, 11) is 0. The van der Waals surface area contributed by atoms with E-state index in [-0.39, 0.29) is 62.4 Å². The number of carbonyl (C=O) groups is 1. The molecule has 1 radical (unpaired) electrons. The molecule has 0 saturated carbocycles. The van der Waals surface area contributed by atoms with Crippen LogP contribution in [0.2, 0.25) is 0 Å². The average Bonchev–Trinajstić information content (AvgIpc) is 4.04. The van der Waals surface area contributed by atoms with Gasteiger partial charge in [0.1, 0.15) is 11.3 Å². The molecular weight excluding hydrogens is 994 g/mol. The van der Waals surface area contributed by atoms with Crippen LogP contribution in [0.15, 0.2) is 106 Å². The predicted octanol–water partition coefficient (Wildman–Crippen LogP) is 14.6. The third kappa shape index (κ3) is 7.77. The summed E-state index contributed by atoms with van der Waals surface area (Å²) in [4.78, 5) is 20.2. The van der Waals surface area contributed by atoms with Crippen molar-refractivity contribution in [3.8, 4) is 22.4 Å². The van der Waals surface area contributed by atoms with Crippen molar-refractivity contribution in [3.05, 3.63) is 115 Å². The van der Waals surface area contributed by atoms with E-state index in [9.17, 15) is 31.9 Å². The number of halogens is 5. The first-order valence-corrected chi connectivity index (χ1v) is 20.7. The van der Waals surface area contributed by atoms with Gasteiger partial charge in [-0.25, -0.2) is 13.8 Å². The molecule has 0 unspecified atom stereocenters. The number of rotatable bonds is 9. The molecule has 0 bridgehead atoms. The van der Waals surface area contributed by atoms with Crippen molar-refractivity contribution < 1.29 is 60.8 Å². The van der Waals surface area contributed by atoms with Crippen molar-refractivity contribution >= 4 is 66.0 Å². The van der Waals surface area contributed by atoms with E-state index in [1.54, 1.807) is 52.3 Å². The number of pyridine rings is 1. The van der Waals surface area contributed by atoms with Crippen LogP contribution in [-0.4, -0.2) is 36.6 Å². The van der Waals surface area contributed by atoms with Gasteiger partial charge in [-0.1, -0.05) is 102 Å². The summed E-state index contributed by atoms with van der Waals surface area (Å²) < 4.78 is 83.2. The molecule has 13 heteroatoms. The Bertz CT molecular complexity index is 3180. The number of furan rings is 2. The van der Waals surface area contributed by atoms with Gasteiger partial charge in [0.25, 0.3) is 0 Å². The molecule has 0 aliphatic heterocycles. The zero-order chi connectivity index (χ0) is 44.5. The van der Waals surface area contributed by atoms with E-state index in [0.717, 1.165) is 42.9 Å². The van der Waals surface area contributed by atoms with E-state index < -0.39 is 34.9 Å². The molecule has 0 aliphatic carbocycles. The Morgan fingerprint density at radius 2 is 1.49 bits per heavy atom. The number of imidazole rings is 1. The average molecular weight is 1040 g/mol. The molecule has 329 valence electrons. The number of aromatic nitrogens is 3. The Morgan fingerprint density at radius 1 is 0.810 bits per heavy atom. The molecule has 0 aliphatic rings. The van der Waals surface area contributed by atoms with Crippen LogP contribution in [0.1, 0.15) is 85.5 Å². The number of para-hydroxylation sites is 1. The van der Waals surface area contributed by atoms with Gasteiger partial charge in [0.15, 0.2) is 22.7 Å². The third-order valence-corrected chi connectivity index (χ3v) is 12.1. The molecule has 0 spiro atoms. The van der Waals surface area contributed by atoms with Gasteiger partial charge in [0, 0.05) is 53.6 Å². The summed E-state index contributed by atoms with van der Waals surface area (Å²) in [5.41, 5.74) is 2.39. The van der Waals surface area contributed by atoms with Crippen LogP contribution in [0, 0.1) is 6.07 Å². The quantitative estimate of drug-likeness (QED) is 0.0670. The molecule has 5 heterocycles. The van der Waals surface area contributed by atoms with Crippen LogP contribution in [0.4, 0.5) is 22.0 Å². The Kier molecular flexibility index (Phi) is 11.9. The van der Waals surface area contributed by atoms with Gasteiger partial charge in [0.2, 0.25) is 11.5 Å². The van der Waals surface area contributed by atoms with Crippen molar-refractivity contribution in [1.29, 1.82) is 0 Å². The number of allylic oxidation sites excluding steroid dienone is 2. The summed E-state index contributed by atoms with van der Waals surface area (Å²) >= 11 is 0. The van der Waals surface area contributed by atoms with Crippen molar-refractivity contribution in [2.75, 3.05) is 0 Å². The van der Waals surface area contributed by atoms with Crippen molar-refractivity contribution in [1.82, 2.24) is 14.4 Å². The van der Waals surface area contributed by atoms with E-state index in [2.05, 4.69) is 50.0 Å². The number of nitrogens with zero attached hydrogens (tertiary/aromatic N) is 3. The normalized spacial score (nSPS) is 13.1. The molecule has 5 aromatic heterocycles. The summed E-state index contributed by atoms with van der Waals surface area (Å²) in [5, 5.41) is 14.7. The minimum absolute atomic E-state index is 0. The van der Waals surface area contributed by atoms with Gasteiger partial charge in [-0.05, 0) is 54.9 Å². The SMILES string of the molecule is CC(C)(C)c1cc(-c2cc3c(-c4ccc5c(c4)oc4c5c5cccc6nc(C(F)(F)F)n4c65)coc3cn2)[c-]c2ccccc12.CCC(F)(CC)C(=O)/C=C(\O)C(F)(CC)CC.[Ir]. The van der Waals surface area contributed by atoms with Crippen molar-refractivity contribution in [3.63, 3.8) is 0 Å². The minimum Gasteiger partial charge on any atom is -0.509 e. The molecule has 9 aromatic rings. The number of ketones is 1. The number of benzene rings is 4. The first-order valence-electron chi connectivity index (χ1n) is 20.7. The van der Waals surface area contributed by atoms with Crippen LogP contribution < -0.4 is 0 Å². The predicted molar refractivity (Wildman–Crippen MR) is 234 cm³/mol. The summed E-state index contributed by atoms with van der Waals surface area (Å²) in [6.45, 7) is 12.8. The number of hydrogen-bond donors (Lipinski definition) is 1. The number of fused-ring (bicyclic) bond motifs is 7. The second-order valence-corrected chi connectivity index (χ2v) is 16.8. The van der Waals surface area contributed by atoms with Crippen molar-refractivity contribution in [2.24, 2.45) is 0 Å². The fraction of sp³-hybridized carbons (Fsp3) is 0.300. The number of alkyl halides is 5. The second kappa shape index (κ2) is 16.5. The Morgan fingerprint density at radius 3 is 2.16 bits per heavy atom. The summed E-state index contributed by atoms with van der Waals surface area (Å²) in [6.07, 6.45) is -0.400. The van der Waals surface area contributed by atoms with E-state index in [0.29, 0.717) is 33.5 Å². The molecule has 4 aromatic carbocycles. The standard InChI is InChI=1S/C37H23F3N3O2.C13H22F2O2.Ir/c1-36(2,3)27-14-21(13-19-7-4-5-8-22(19)27)29-16-25-26(18-44-31(25)17-41-29)20-11-12-23-30(15-20)45-34-32(23)24-9-6-10-28-33(24)43(34)35(42-28)37(38,39)40;1-5-12(14,6-2)10(16)9-11(17)13(15,7-3)8-4;/h4-12,14-18H,1-3H3;9,16H,5-8H2,1-4H3;/q-1;;/b;10-9-;. The molecule has 1 N–H and O–H groups in total. The maximum Gasteiger partial charge on any atom is 0.450 e. The molecule has 0 saturated heterocycles. The van der Waals surface area contributed by atoms with Gasteiger partial charge >= 0.3 is 6.18 Å². The largest absolute Gasteiger partial charge is 0.509 e. The van der Waals surface area contributed by atoms with Crippen LogP contribution in [0.5, 0.6) is 0 Å². The van der Waals surface area contributed by atoms with Crippen LogP contribution >= 0.6 is 0 Å².